The number of ether oxygens (including phenoxy) is 3. The predicted molar refractivity (Wildman–Crippen MR) is 167 cm³/mol. The van der Waals surface area contributed by atoms with Crippen LogP contribution in [0.2, 0.25) is 0 Å². The summed E-state index contributed by atoms with van der Waals surface area (Å²) in [4.78, 5) is 43.2. The average molecular weight is 607 g/mol. The van der Waals surface area contributed by atoms with E-state index in [4.69, 9.17) is 14.2 Å². The Kier molecular flexibility index (Phi) is 8.25. The summed E-state index contributed by atoms with van der Waals surface area (Å²) in [5, 5.41) is 3.28. The van der Waals surface area contributed by atoms with Crippen molar-refractivity contribution in [3.05, 3.63) is 35.5 Å². The second kappa shape index (κ2) is 11.7. The molecule has 7 rings (SSSR count). The van der Waals surface area contributed by atoms with Gasteiger partial charge >= 0.3 is 5.97 Å². The van der Waals surface area contributed by atoms with Gasteiger partial charge in [-0.3, -0.25) is 14.4 Å². The lowest BCUT2D eigenvalue weighted by Crippen LogP contribution is -2.56. The molecule has 4 saturated carbocycles. The van der Waals surface area contributed by atoms with Gasteiger partial charge < -0.3 is 24.4 Å². The van der Waals surface area contributed by atoms with E-state index in [0.717, 1.165) is 35.4 Å². The molecule has 1 aromatic carbocycles. The molecule has 2 amide bonds. The number of esters is 1. The maximum atomic E-state index is 14.2. The van der Waals surface area contributed by atoms with E-state index in [9.17, 15) is 14.4 Å². The molecule has 5 fully saturated rings. The summed E-state index contributed by atoms with van der Waals surface area (Å²) < 4.78 is 16.3. The van der Waals surface area contributed by atoms with Crippen molar-refractivity contribution in [2.75, 3.05) is 34.4 Å². The standard InChI is InChI=1S/C36H50N2O6/c1-34(2)10-8-30-36(21-34,33(41)44-5)20-27(32(40)38(30)11-9-23-6-7-28(42-3)29(15-23)43-4)16-31(39)37-22-35-17-24-12-25(18-35)14-26(13-24)19-35/h6-8,15,24-27H,9-14,16-22H2,1-5H3,(H,37,39)/t24?,25?,26?,27-,35?,36-/m1/s1. The van der Waals surface area contributed by atoms with Crippen molar-refractivity contribution in [1.29, 1.82) is 0 Å². The summed E-state index contributed by atoms with van der Waals surface area (Å²) in [5.74, 6) is 2.65. The Morgan fingerprint density at radius 1 is 0.955 bits per heavy atom. The molecule has 6 aliphatic rings. The number of carbonyl (C=O) groups is 3. The highest BCUT2D eigenvalue weighted by Gasteiger charge is 2.57. The number of piperidine rings is 1. The molecule has 2 atom stereocenters. The van der Waals surface area contributed by atoms with Crippen molar-refractivity contribution in [3.8, 4) is 11.5 Å². The van der Waals surface area contributed by atoms with Crippen LogP contribution in [0.15, 0.2) is 30.0 Å². The Hall–Kier alpha value is -3.03. The fourth-order valence-electron chi connectivity index (χ4n) is 10.2. The van der Waals surface area contributed by atoms with E-state index >= 15 is 0 Å². The number of methoxy groups -OCH3 is 3. The van der Waals surface area contributed by atoms with Crippen LogP contribution in [0.25, 0.3) is 0 Å². The number of benzene rings is 1. The van der Waals surface area contributed by atoms with E-state index in [1.165, 1.54) is 45.6 Å². The second-order valence-electron chi connectivity index (χ2n) is 15.4. The van der Waals surface area contributed by atoms with Crippen LogP contribution >= 0.6 is 0 Å². The van der Waals surface area contributed by atoms with Crippen LogP contribution in [0.1, 0.15) is 83.6 Å². The molecular weight excluding hydrogens is 556 g/mol. The van der Waals surface area contributed by atoms with Gasteiger partial charge in [-0.05, 0) is 110 Å². The lowest BCUT2D eigenvalue weighted by Gasteiger charge is -2.57. The average Bonchev–Trinajstić information content (AvgIpc) is 2.98. The second-order valence-corrected chi connectivity index (χ2v) is 15.4. The van der Waals surface area contributed by atoms with Gasteiger partial charge in [0.2, 0.25) is 11.8 Å². The third kappa shape index (κ3) is 5.74. The smallest absolute Gasteiger partial charge is 0.317 e. The molecule has 1 saturated heterocycles. The Morgan fingerprint density at radius 3 is 2.23 bits per heavy atom. The van der Waals surface area contributed by atoms with Crippen LogP contribution in [0.3, 0.4) is 0 Å². The maximum Gasteiger partial charge on any atom is 0.317 e. The number of amides is 2. The van der Waals surface area contributed by atoms with Crippen molar-refractivity contribution >= 4 is 17.8 Å². The van der Waals surface area contributed by atoms with Crippen molar-refractivity contribution < 1.29 is 28.6 Å². The molecule has 240 valence electrons. The first-order valence-corrected chi connectivity index (χ1v) is 16.6. The quantitative estimate of drug-likeness (QED) is 0.345. The van der Waals surface area contributed by atoms with E-state index < -0.39 is 11.3 Å². The van der Waals surface area contributed by atoms with Crippen molar-refractivity contribution in [2.45, 2.75) is 84.5 Å². The number of hydrogen-bond donors (Lipinski definition) is 1. The normalized spacial score (nSPS) is 33.3. The number of hydrogen-bond acceptors (Lipinski definition) is 6. The van der Waals surface area contributed by atoms with Gasteiger partial charge in [-0.2, -0.15) is 0 Å². The minimum absolute atomic E-state index is 0.0820. The zero-order valence-corrected chi connectivity index (χ0v) is 27.2. The number of rotatable bonds is 10. The molecular formula is C36H50N2O6. The van der Waals surface area contributed by atoms with Crippen LogP contribution in [0.4, 0.5) is 0 Å². The van der Waals surface area contributed by atoms with E-state index in [2.05, 4.69) is 25.2 Å². The fraction of sp³-hybridized carbons (Fsp3) is 0.694. The first-order valence-electron chi connectivity index (χ1n) is 16.6. The van der Waals surface area contributed by atoms with Gasteiger partial charge in [-0.1, -0.05) is 26.0 Å². The summed E-state index contributed by atoms with van der Waals surface area (Å²) in [6, 6.07) is 5.76. The molecule has 0 radical (unpaired) electrons. The summed E-state index contributed by atoms with van der Waals surface area (Å²) in [7, 11) is 4.63. The van der Waals surface area contributed by atoms with E-state index in [-0.39, 0.29) is 35.0 Å². The van der Waals surface area contributed by atoms with E-state index in [1.807, 2.05) is 18.2 Å². The molecule has 0 spiro atoms. The molecule has 44 heavy (non-hydrogen) atoms. The van der Waals surface area contributed by atoms with Gasteiger partial charge in [0.25, 0.3) is 0 Å². The van der Waals surface area contributed by atoms with Crippen LogP contribution in [-0.4, -0.2) is 57.1 Å². The van der Waals surface area contributed by atoms with Crippen molar-refractivity contribution in [2.24, 2.45) is 39.9 Å². The SMILES string of the molecule is COC(=O)[C@@]12C[C@@H](CC(=O)NCC34CC5CC(CC(C5)C3)C4)C(=O)N(CCc3ccc(OC)c(OC)c3)C1=CCC(C)(C)C2. The Morgan fingerprint density at radius 2 is 1.61 bits per heavy atom. The van der Waals surface area contributed by atoms with Crippen LogP contribution in [0, 0.1) is 39.9 Å². The fourth-order valence-corrected chi connectivity index (χ4v) is 10.2. The van der Waals surface area contributed by atoms with Crippen LogP contribution in [0.5, 0.6) is 11.5 Å². The lowest BCUT2D eigenvalue weighted by molar-refractivity contribution is -0.162. The number of carbonyl (C=O) groups excluding carboxylic acids is 3. The third-order valence-corrected chi connectivity index (χ3v) is 11.5. The Bertz CT molecular complexity index is 1300. The van der Waals surface area contributed by atoms with Crippen molar-refractivity contribution in [3.63, 3.8) is 0 Å². The van der Waals surface area contributed by atoms with E-state index in [1.54, 1.807) is 19.1 Å². The zero-order chi connectivity index (χ0) is 31.3. The summed E-state index contributed by atoms with van der Waals surface area (Å²) in [6.45, 7) is 5.41. The summed E-state index contributed by atoms with van der Waals surface area (Å²) in [6.07, 6.45) is 12.1. The molecule has 4 bridgehead atoms. The molecule has 0 aromatic heterocycles. The monoisotopic (exact) mass is 606 g/mol. The molecule has 1 aliphatic heterocycles. The minimum Gasteiger partial charge on any atom is -0.493 e. The molecule has 5 aliphatic carbocycles. The summed E-state index contributed by atoms with van der Waals surface area (Å²) in [5.41, 5.74) is 0.847. The first-order chi connectivity index (χ1) is 21.0. The van der Waals surface area contributed by atoms with Gasteiger partial charge in [0.1, 0.15) is 5.41 Å². The van der Waals surface area contributed by atoms with Crippen molar-refractivity contribution in [1.82, 2.24) is 10.2 Å². The van der Waals surface area contributed by atoms with Crippen LogP contribution < -0.4 is 14.8 Å². The Labute approximate surface area is 262 Å². The van der Waals surface area contributed by atoms with Gasteiger partial charge in [0.05, 0.1) is 21.3 Å². The number of nitrogens with zero attached hydrogens (tertiary/aromatic N) is 1. The first kappa shape index (κ1) is 31.0. The minimum atomic E-state index is -0.965. The van der Waals surface area contributed by atoms with Crippen LogP contribution in [-0.2, 0) is 25.5 Å². The largest absolute Gasteiger partial charge is 0.493 e. The number of allylic oxidation sites excluding steroid dienone is 1. The topological polar surface area (TPSA) is 94.2 Å². The molecule has 8 nitrogen and oxygen atoms in total. The van der Waals surface area contributed by atoms with Gasteiger partial charge in [-0.15, -0.1) is 0 Å². The highest BCUT2D eigenvalue weighted by atomic mass is 16.5. The highest BCUT2D eigenvalue weighted by molar-refractivity contribution is 5.92. The number of nitrogens with one attached hydrogen (secondary N) is 1. The molecule has 1 heterocycles. The van der Waals surface area contributed by atoms with Gasteiger partial charge in [-0.25, -0.2) is 0 Å². The molecule has 8 heteroatoms. The zero-order valence-electron chi connectivity index (χ0n) is 27.2. The third-order valence-electron chi connectivity index (χ3n) is 11.5. The summed E-state index contributed by atoms with van der Waals surface area (Å²) >= 11 is 0. The molecule has 1 aromatic rings. The highest BCUT2D eigenvalue weighted by Crippen LogP contribution is 2.60. The molecule has 0 unspecified atom stereocenters. The Balaban J connectivity index is 1.22. The predicted octanol–water partition coefficient (Wildman–Crippen LogP) is 5.68. The number of likely N-dealkylation sites (tertiary alicyclic amines) is 1. The van der Waals surface area contributed by atoms with Gasteiger partial charge in [0.15, 0.2) is 11.5 Å². The lowest BCUT2D eigenvalue weighted by atomic mass is 9.49. The number of fused-ring (bicyclic) bond motifs is 1. The van der Waals surface area contributed by atoms with E-state index in [0.29, 0.717) is 43.9 Å². The molecule has 1 N–H and O–H groups in total. The van der Waals surface area contributed by atoms with Gasteiger partial charge in [0, 0.05) is 31.1 Å². The maximum absolute atomic E-state index is 14.2.